The Hall–Kier alpha value is -1.42. The van der Waals surface area contributed by atoms with Gasteiger partial charge in [0.15, 0.2) is 5.78 Å². The number of rotatable bonds is 2. The molecule has 0 aromatic carbocycles. The molecule has 1 amide bonds. The molecule has 0 saturated carbocycles. The molecule has 0 heterocycles. The zero-order chi connectivity index (χ0) is 9.14. The third-order valence-corrected chi connectivity index (χ3v) is 1.51. The first-order valence-electron chi connectivity index (χ1n) is 3.03. The SMILES string of the molecule is O=CNC1=CC(=O)C=C(Cl)C1=O. The Balaban J connectivity index is 2.95. The smallest absolute Gasteiger partial charge is 0.220 e. The van der Waals surface area contributed by atoms with Crippen LogP contribution < -0.4 is 5.32 Å². The second-order valence-electron chi connectivity index (χ2n) is 2.04. The molecular formula is C7H4ClNO3. The van der Waals surface area contributed by atoms with Gasteiger partial charge in [-0.2, -0.15) is 0 Å². The molecule has 0 aromatic rings. The Bertz CT molecular complexity index is 317. The number of carbonyl (C=O) groups is 3. The van der Waals surface area contributed by atoms with Crippen molar-refractivity contribution in [2.45, 2.75) is 0 Å². The predicted octanol–water partition coefficient (Wildman–Crippen LogP) is -0.109. The van der Waals surface area contributed by atoms with Crippen LogP contribution in [0.3, 0.4) is 0 Å². The van der Waals surface area contributed by atoms with Crippen molar-refractivity contribution in [2.75, 3.05) is 0 Å². The van der Waals surface area contributed by atoms with Gasteiger partial charge in [-0.05, 0) is 0 Å². The lowest BCUT2D eigenvalue weighted by molar-refractivity contribution is -0.116. The highest BCUT2D eigenvalue weighted by Gasteiger charge is 2.19. The summed E-state index contributed by atoms with van der Waals surface area (Å²) >= 11 is 5.39. The monoisotopic (exact) mass is 185 g/mol. The van der Waals surface area contributed by atoms with E-state index in [9.17, 15) is 14.4 Å². The zero-order valence-electron chi connectivity index (χ0n) is 5.83. The summed E-state index contributed by atoms with van der Waals surface area (Å²) in [7, 11) is 0. The maximum Gasteiger partial charge on any atom is 0.220 e. The Kier molecular flexibility index (Phi) is 2.40. The van der Waals surface area contributed by atoms with E-state index in [0.717, 1.165) is 12.2 Å². The molecule has 5 heteroatoms. The van der Waals surface area contributed by atoms with Crippen LogP contribution in [0.1, 0.15) is 0 Å². The second kappa shape index (κ2) is 3.32. The summed E-state index contributed by atoms with van der Waals surface area (Å²) in [5, 5.41) is 1.89. The van der Waals surface area contributed by atoms with Crippen molar-refractivity contribution in [3.8, 4) is 0 Å². The third-order valence-electron chi connectivity index (χ3n) is 1.23. The van der Waals surface area contributed by atoms with Gasteiger partial charge in [0.05, 0.1) is 10.7 Å². The molecule has 62 valence electrons. The van der Waals surface area contributed by atoms with Crippen LogP contribution in [0.25, 0.3) is 0 Å². The van der Waals surface area contributed by atoms with Crippen LogP contribution in [0.2, 0.25) is 0 Å². The van der Waals surface area contributed by atoms with Gasteiger partial charge in [-0.3, -0.25) is 14.4 Å². The Morgan fingerprint density at radius 3 is 2.58 bits per heavy atom. The van der Waals surface area contributed by atoms with Gasteiger partial charge in [0, 0.05) is 12.2 Å². The summed E-state index contributed by atoms with van der Waals surface area (Å²) in [4.78, 5) is 31.7. The third kappa shape index (κ3) is 1.60. The second-order valence-corrected chi connectivity index (χ2v) is 2.45. The van der Waals surface area contributed by atoms with E-state index >= 15 is 0 Å². The highest BCUT2D eigenvalue weighted by molar-refractivity contribution is 6.48. The van der Waals surface area contributed by atoms with Gasteiger partial charge in [-0.15, -0.1) is 0 Å². The summed E-state index contributed by atoms with van der Waals surface area (Å²) in [6, 6.07) is 0. The normalized spacial score (nSPS) is 16.8. The minimum Gasteiger partial charge on any atom is -0.325 e. The molecular weight excluding hydrogens is 182 g/mol. The summed E-state index contributed by atoms with van der Waals surface area (Å²) in [5.74, 6) is -0.965. The van der Waals surface area contributed by atoms with Crippen molar-refractivity contribution in [1.82, 2.24) is 5.32 Å². The number of Topliss-reactive ketones (excluding diaryl/α,β-unsaturated/α-hetero) is 1. The number of hydrogen-bond donors (Lipinski definition) is 1. The molecule has 0 fully saturated rings. The van der Waals surface area contributed by atoms with Crippen molar-refractivity contribution in [1.29, 1.82) is 0 Å². The van der Waals surface area contributed by atoms with E-state index in [2.05, 4.69) is 5.32 Å². The summed E-state index contributed by atoms with van der Waals surface area (Å²) in [5.41, 5.74) is -0.0949. The fraction of sp³-hybridized carbons (Fsp3) is 0. The maximum absolute atomic E-state index is 11.0. The zero-order valence-corrected chi connectivity index (χ0v) is 6.59. The van der Waals surface area contributed by atoms with Crippen LogP contribution in [-0.4, -0.2) is 18.0 Å². The van der Waals surface area contributed by atoms with Crippen LogP contribution >= 0.6 is 11.6 Å². The molecule has 0 atom stereocenters. The van der Waals surface area contributed by atoms with E-state index in [0.29, 0.717) is 6.41 Å². The quantitative estimate of drug-likeness (QED) is 0.482. The van der Waals surface area contributed by atoms with Crippen LogP contribution in [0.4, 0.5) is 0 Å². The van der Waals surface area contributed by atoms with Gasteiger partial charge >= 0.3 is 0 Å². The largest absolute Gasteiger partial charge is 0.325 e. The van der Waals surface area contributed by atoms with E-state index in [-0.39, 0.29) is 10.7 Å². The lowest BCUT2D eigenvalue weighted by Gasteiger charge is -2.06. The number of halogens is 1. The highest BCUT2D eigenvalue weighted by Crippen LogP contribution is 2.13. The minimum atomic E-state index is -0.552. The first-order valence-corrected chi connectivity index (χ1v) is 3.40. The molecule has 12 heavy (non-hydrogen) atoms. The van der Waals surface area contributed by atoms with Crippen molar-refractivity contribution in [2.24, 2.45) is 0 Å². The average Bonchev–Trinajstić information content (AvgIpc) is 2.00. The fourth-order valence-corrected chi connectivity index (χ4v) is 0.949. The number of amides is 1. The molecule has 4 nitrogen and oxygen atoms in total. The van der Waals surface area contributed by atoms with Gasteiger partial charge < -0.3 is 5.32 Å². The lowest BCUT2D eigenvalue weighted by Crippen LogP contribution is -2.23. The molecule has 0 spiro atoms. The van der Waals surface area contributed by atoms with E-state index in [1.54, 1.807) is 0 Å². The molecule has 0 unspecified atom stereocenters. The minimum absolute atomic E-state index is 0.0949. The molecule has 1 N–H and O–H groups in total. The molecule has 0 saturated heterocycles. The number of ketones is 2. The first kappa shape index (κ1) is 8.67. The van der Waals surface area contributed by atoms with Gasteiger partial charge in [0.25, 0.3) is 0 Å². The Labute approximate surface area is 72.9 Å². The molecule has 0 aliphatic heterocycles. The van der Waals surface area contributed by atoms with Crippen LogP contribution in [0, 0.1) is 0 Å². The van der Waals surface area contributed by atoms with Gasteiger partial charge in [-0.1, -0.05) is 11.6 Å². The van der Waals surface area contributed by atoms with E-state index in [1.165, 1.54) is 0 Å². The molecule has 1 rings (SSSR count). The van der Waals surface area contributed by atoms with E-state index < -0.39 is 11.6 Å². The summed E-state index contributed by atoms with van der Waals surface area (Å²) in [6.07, 6.45) is 2.33. The van der Waals surface area contributed by atoms with E-state index in [4.69, 9.17) is 11.6 Å². The standard InChI is InChI=1S/C7H4ClNO3/c8-5-1-4(11)2-6(7(5)12)9-3-10/h1-3H,(H,9,10). The predicted molar refractivity (Wildman–Crippen MR) is 41.2 cm³/mol. The Morgan fingerprint density at radius 1 is 1.33 bits per heavy atom. The Morgan fingerprint density at radius 2 is 2.00 bits per heavy atom. The molecule has 1 aliphatic rings. The number of hydrogen-bond acceptors (Lipinski definition) is 3. The molecule has 1 aliphatic carbocycles. The van der Waals surface area contributed by atoms with E-state index in [1.807, 2.05) is 0 Å². The van der Waals surface area contributed by atoms with Crippen molar-refractivity contribution >= 4 is 29.6 Å². The topological polar surface area (TPSA) is 63.2 Å². The molecule has 0 aromatic heterocycles. The number of allylic oxidation sites excluding steroid dienone is 3. The number of nitrogens with one attached hydrogen (secondary N) is 1. The fourth-order valence-electron chi connectivity index (χ4n) is 0.739. The molecule has 0 bridgehead atoms. The van der Waals surface area contributed by atoms with Crippen molar-refractivity contribution in [3.63, 3.8) is 0 Å². The van der Waals surface area contributed by atoms with Gasteiger partial charge in [-0.25, -0.2) is 0 Å². The summed E-state index contributed by atoms with van der Waals surface area (Å²) < 4.78 is 0. The average molecular weight is 186 g/mol. The van der Waals surface area contributed by atoms with Crippen molar-refractivity contribution in [3.05, 3.63) is 22.9 Å². The van der Waals surface area contributed by atoms with Gasteiger partial charge in [0.1, 0.15) is 0 Å². The van der Waals surface area contributed by atoms with Crippen molar-refractivity contribution < 1.29 is 14.4 Å². The van der Waals surface area contributed by atoms with Crippen LogP contribution in [0.15, 0.2) is 22.9 Å². The van der Waals surface area contributed by atoms with Gasteiger partial charge in [0.2, 0.25) is 12.2 Å². The highest BCUT2D eigenvalue weighted by atomic mass is 35.5. The molecule has 0 radical (unpaired) electrons. The lowest BCUT2D eigenvalue weighted by atomic mass is 10.1. The maximum atomic E-state index is 11.0. The van der Waals surface area contributed by atoms with Crippen LogP contribution in [-0.2, 0) is 14.4 Å². The van der Waals surface area contributed by atoms with Crippen LogP contribution in [0.5, 0.6) is 0 Å². The number of carbonyl (C=O) groups excluding carboxylic acids is 3. The summed E-state index contributed by atoms with van der Waals surface area (Å²) in [6.45, 7) is 0. The first-order chi connectivity index (χ1) is 5.65.